The molecule has 0 radical (unpaired) electrons. The zero-order chi connectivity index (χ0) is 10.9. The Morgan fingerprint density at radius 2 is 1.71 bits per heavy atom. The molecule has 0 saturated carbocycles. The first kappa shape index (κ1) is 11.6. The minimum atomic E-state index is -2.90. The van der Waals surface area contributed by atoms with E-state index in [2.05, 4.69) is 15.0 Å². The molecule has 0 atom stereocenters. The van der Waals surface area contributed by atoms with Gasteiger partial charge in [0.2, 0.25) is 15.6 Å². The molecular weight excluding hydrogens is 260 g/mol. The third kappa shape index (κ3) is 2.76. The van der Waals surface area contributed by atoms with E-state index in [9.17, 15) is 8.78 Å². The van der Waals surface area contributed by atoms with Crippen molar-refractivity contribution in [2.75, 3.05) is 5.73 Å². The molecule has 0 aliphatic carbocycles. The van der Waals surface area contributed by atoms with Gasteiger partial charge in [-0.05, 0) is 0 Å². The number of halogens is 5. The number of nitrogens with two attached hydrogens (primary N) is 1. The van der Waals surface area contributed by atoms with Crippen molar-refractivity contribution in [1.29, 1.82) is 0 Å². The summed E-state index contributed by atoms with van der Waals surface area (Å²) in [5.41, 5.74) is 5.12. The lowest BCUT2D eigenvalue weighted by Crippen LogP contribution is -2.13. The topological polar surface area (TPSA) is 64.7 Å². The first-order chi connectivity index (χ1) is 6.30. The van der Waals surface area contributed by atoms with Crippen LogP contribution in [0, 0.1) is 0 Å². The zero-order valence-corrected chi connectivity index (χ0v) is 8.65. The predicted molar refractivity (Wildman–Crippen MR) is 48.4 cm³/mol. The number of aromatic nitrogens is 3. The van der Waals surface area contributed by atoms with E-state index >= 15 is 0 Å². The van der Waals surface area contributed by atoms with Crippen molar-refractivity contribution in [3.8, 4) is 0 Å². The average molecular weight is 263 g/mol. The number of hydrogen-bond acceptors (Lipinski definition) is 4. The van der Waals surface area contributed by atoms with E-state index < -0.39 is 27.8 Å². The fourth-order valence-corrected chi connectivity index (χ4v) is 0.887. The molecule has 1 rings (SSSR count). The zero-order valence-electron chi connectivity index (χ0n) is 6.39. The van der Waals surface area contributed by atoms with Gasteiger partial charge in [0.05, 0.1) is 0 Å². The van der Waals surface area contributed by atoms with E-state index in [1.165, 1.54) is 0 Å². The average Bonchev–Trinajstić information content (AvgIpc) is 2.01. The highest BCUT2D eigenvalue weighted by molar-refractivity contribution is 6.66. The lowest BCUT2D eigenvalue weighted by Gasteiger charge is -2.10. The van der Waals surface area contributed by atoms with Gasteiger partial charge in [-0.15, -0.1) is 0 Å². The Balaban J connectivity index is 3.21. The number of nitrogens with zero attached hydrogens (tertiary/aromatic N) is 3. The first-order valence-electron chi connectivity index (χ1n) is 3.17. The minimum absolute atomic E-state index is 0.420. The lowest BCUT2D eigenvalue weighted by molar-refractivity contribution is 0.140. The summed E-state index contributed by atoms with van der Waals surface area (Å²) in [6, 6.07) is 0. The van der Waals surface area contributed by atoms with Crippen molar-refractivity contribution in [2.45, 2.75) is 10.2 Å². The van der Waals surface area contributed by atoms with Gasteiger partial charge >= 0.3 is 0 Å². The quantitative estimate of drug-likeness (QED) is 0.789. The van der Waals surface area contributed by atoms with Crippen molar-refractivity contribution in [3.05, 3.63) is 11.6 Å². The number of alkyl halides is 5. The summed E-state index contributed by atoms with van der Waals surface area (Å²) < 4.78 is 22.4. The Hall–Kier alpha value is -0.460. The van der Waals surface area contributed by atoms with Gasteiger partial charge in [0, 0.05) is 0 Å². The second-order valence-electron chi connectivity index (χ2n) is 2.17. The molecular formula is C5H3Cl3F2N4. The molecule has 0 spiro atoms. The van der Waals surface area contributed by atoms with Crippen LogP contribution in [0.3, 0.4) is 0 Å². The Labute approximate surface area is 92.4 Å². The van der Waals surface area contributed by atoms with E-state index in [0.29, 0.717) is 0 Å². The molecule has 0 saturated heterocycles. The maximum Gasteiger partial charge on any atom is 0.297 e. The van der Waals surface area contributed by atoms with Crippen LogP contribution in [0.2, 0.25) is 0 Å². The summed E-state index contributed by atoms with van der Waals surface area (Å²) in [7, 11) is 0. The highest BCUT2D eigenvalue weighted by Gasteiger charge is 2.29. The minimum Gasteiger partial charge on any atom is -0.368 e. The molecule has 4 nitrogen and oxygen atoms in total. The second kappa shape index (κ2) is 3.96. The monoisotopic (exact) mass is 262 g/mol. The van der Waals surface area contributed by atoms with Gasteiger partial charge in [-0.3, -0.25) is 0 Å². The van der Waals surface area contributed by atoms with Crippen LogP contribution in [0.1, 0.15) is 18.1 Å². The van der Waals surface area contributed by atoms with Crippen molar-refractivity contribution in [1.82, 2.24) is 15.0 Å². The normalized spacial score (nSPS) is 12.1. The third-order valence-electron chi connectivity index (χ3n) is 1.12. The fourth-order valence-electron chi connectivity index (χ4n) is 0.634. The molecule has 0 unspecified atom stereocenters. The van der Waals surface area contributed by atoms with Gasteiger partial charge in [0.25, 0.3) is 6.43 Å². The third-order valence-corrected chi connectivity index (χ3v) is 1.63. The number of anilines is 1. The molecule has 0 aliphatic heterocycles. The lowest BCUT2D eigenvalue weighted by atomic mass is 10.6. The summed E-state index contributed by atoms with van der Waals surface area (Å²) in [5, 5.41) is 0. The predicted octanol–water partition coefficient (Wildman–Crippen LogP) is 2.22. The molecule has 0 amide bonds. The van der Waals surface area contributed by atoms with Crippen molar-refractivity contribution < 1.29 is 8.78 Å². The maximum absolute atomic E-state index is 12.2. The molecule has 0 bridgehead atoms. The first-order valence-corrected chi connectivity index (χ1v) is 4.31. The number of nitrogen functional groups attached to an aromatic ring is 1. The molecule has 78 valence electrons. The molecule has 2 N–H and O–H groups in total. The van der Waals surface area contributed by atoms with Crippen LogP contribution in [0.15, 0.2) is 0 Å². The van der Waals surface area contributed by atoms with E-state index in [0.717, 1.165) is 0 Å². The van der Waals surface area contributed by atoms with Crippen LogP contribution < -0.4 is 5.73 Å². The molecule has 1 aromatic rings. The van der Waals surface area contributed by atoms with E-state index in [-0.39, 0.29) is 0 Å². The van der Waals surface area contributed by atoms with Gasteiger partial charge in [-0.2, -0.15) is 9.97 Å². The number of rotatable bonds is 1. The van der Waals surface area contributed by atoms with Gasteiger partial charge in [0.15, 0.2) is 5.82 Å². The molecule has 1 aromatic heterocycles. The van der Waals surface area contributed by atoms with Crippen LogP contribution in [-0.4, -0.2) is 15.0 Å². The van der Waals surface area contributed by atoms with Crippen LogP contribution in [-0.2, 0) is 3.79 Å². The van der Waals surface area contributed by atoms with E-state index in [4.69, 9.17) is 40.5 Å². The SMILES string of the molecule is Nc1nc(C(F)F)nc(C(Cl)(Cl)Cl)n1. The van der Waals surface area contributed by atoms with Crippen LogP contribution in [0.5, 0.6) is 0 Å². The Kier molecular flexibility index (Phi) is 3.28. The van der Waals surface area contributed by atoms with Crippen molar-refractivity contribution >= 4 is 40.8 Å². The molecule has 9 heteroatoms. The van der Waals surface area contributed by atoms with E-state index in [1.807, 2.05) is 0 Å². The highest BCUT2D eigenvalue weighted by atomic mass is 35.6. The second-order valence-corrected chi connectivity index (χ2v) is 4.46. The van der Waals surface area contributed by atoms with Crippen molar-refractivity contribution in [3.63, 3.8) is 0 Å². The molecule has 1 heterocycles. The van der Waals surface area contributed by atoms with Gasteiger partial charge < -0.3 is 5.73 Å². The standard InChI is InChI=1S/C5H3Cl3F2N4/c6-5(7,8)3-12-2(1(9)10)13-4(11)14-3/h1H,(H2,11,12,13,14). The fraction of sp³-hybridized carbons (Fsp3) is 0.400. The van der Waals surface area contributed by atoms with Gasteiger partial charge in [-0.25, -0.2) is 13.8 Å². The largest absolute Gasteiger partial charge is 0.368 e. The summed E-state index contributed by atoms with van der Waals surface area (Å²) >= 11 is 16.2. The summed E-state index contributed by atoms with van der Waals surface area (Å²) in [4.78, 5) is 9.85. The van der Waals surface area contributed by atoms with E-state index in [1.54, 1.807) is 0 Å². The van der Waals surface area contributed by atoms with Gasteiger partial charge in [0.1, 0.15) is 0 Å². The maximum atomic E-state index is 12.2. The Bertz CT molecular complexity index is 340. The summed E-state index contributed by atoms with van der Waals surface area (Å²) in [6.07, 6.45) is -2.90. The summed E-state index contributed by atoms with van der Waals surface area (Å²) in [5.74, 6) is -1.67. The smallest absolute Gasteiger partial charge is 0.297 e. The molecule has 0 fully saturated rings. The number of hydrogen-bond donors (Lipinski definition) is 1. The van der Waals surface area contributed by atoms with Crippen LogP contribution in [0.4, 0.5) is 14.7 Å². The molecule has 0 aromatic carbocycles. The highest BCUT2D eigenvalue weighted by Crippen LogP contribution is 2.36. The molecule has 0 aliphatic rings. The van der Waals surface area contributed by atoms with Crippen molar-refractivity contribution in [2.24, 2.45) is 0 Å². The van der Waals surface area contributed by atoms with Gasteiger partial charge in [-0.1, -0.05) is 34.8 Å². The Morgan fingerprint density at radius 1 is 1.14 bits per heavy atom. The van der Waals surface area contributed by atoms with Crippen LogP contribution in [0.25, 0.3) is 0 Å². The Morgan fingerprint density at radius 3 is 2.14 bits per heavy atom. The molecule has 14 heavy (non-hydrogen) atoms. The van der Waals surface area contributed by atoms with Crippen LogP contribution >= 0.6 is 34.8 Å². The summed E-state index contributed by atoms with van der Waals surface area (Å²) in [6.45, 7) is 0.